The normalized spacial score (nSPS) is 13.9. The molecule has 0 spiro atoms. The SMILES string of the molecule is Cn1c(=O)[nH]c2oc3c(c2c1=O)CC=CC=C3. The summed E-state index contributed by atoms with van der Waals surface area (Å²) < 4.78 is 6.54. The summed E-state index contributed by atoms with van der Waals surface area (Å²) in [7, 11) is 1.45. The second-order valence-electron chi connectivity index (χ2n) is 3.93. The van der Waals surface area contributed by atoms with E-state index in [0.29, 0.717) is 17.6 Å². The van der Waals surface area contributed by atoms with Crippen molar-refractivity contribution in [3.8, 4) is 0 Å². The van der Waals surface area contributed by atoms with Crippen molar-refractivity contribution in [2.45, 2.75) is 6.42 Å². The molecule has 0 amide bonds. The molecule has 0 saturated carbocycles. The lowest BCUT2D eigenvalue weighted by molar-refractivity contribution is 0.582. The van der Waals surface area contributed by atoms with Crippen LogP contribution in [0.15, 0.2) is 32.2 Å². The highest BCUT2D eigenvalue weighted by Gasteiger charge is 2.17. The molecule has 0 aliphatic heterocycles. The number of aromatic nitrogens is 2. The third-order valence-electron chi connectivity index (χ3n) is 2.90. The largest absolute Gasteiger partial charge is 0.440 e. The van der Waals surface area contributed by atoms with Crippen LogP contribution in [-0.4, -0.2) is 9.55 Å². The summed E-state index contributed by atoms with van der Waals surface area (Å²) in [4.78, 5) is 26.0. The van der Waals surface area contributed by atoms with Gasteiger partial charge < -0.3 is 4.42 Å². The Morgan fingerprint density at radius 2 is 2.18 bits per heavy atom. The Labute approximate surface area is 95.7 Å². The molecule has 0 unspecified atom stereocenters. The number of hydrogen-bond donors (Lipinski definition) is 1. The maximum Gasteiger partial charge on any atom is 0.330 e. The Morgan fingerprint density at radius 1 is 1.35 bits per heavy atom. The van der Waals surface area contributed by atoms with Crippen LogP contribution in [0.25, 0.3) is 17.2 Å². The van der Waals surface area contributed by atoms with E-state index in [1.54, 1.807) is 6.08 Å². The highest BCUT2D eigenvalue weighted by Crippen LogP contribution is 2.24. The lowest BCUT2D eigenvalue weighted by Gasteiger charge is -1.96. The maximum atomic E-state index is 12.0. The fourth-order valence-electron chi connectivity index (χ4n) is 1.98. The quantitative estimate of drug-likeness (QED) is 0.732. The molecule has 0 saturated heterocycles. The van der Waals surface area contributed by atoms with Crippen LogP contribution in [0.1, 0.15) is 11.3 Å². The molecular formula is C12H10N2O3. The molecule has 0 bridgehead atoms. The van der Waals surface area contributed by atoms with E-state index in [4.69, 9.17) is 4.42 Å². The third-order valence-corrected chi connectivity index (χ3v) is 2.90. The second-order valence-corrected chi connectivity index (χ2v) is 3.93. The summed E-state index contributed by atoms with van der Waals surface area (Å²) in [5.74, 6) is 0.629. The van der Waals surface area contributed by atoms with Crippen molar-refractivity contribution in [2.75, 3.05) is 0 Å². The van der Waals surface area contributed by atoms with Crippen LogP contribution >= 0.6 is 0 Å². The Kier molecular flexibility index (Phi) is 1.95. The molecular weight excluding hydrogens is 220 g/mol. The van der Waals surface area contributed by atoms with E-state index < -0.39 is 5.69 Å². The standard InChI is InChI=1S/C12H10N2O3/c1-14-11(15)9-7-5-3-2-4-6-8(7)17-10(9)13-12(14)16/h2-4,6H,5H2,1H3,(H,13,16). The van der Waals surface area contributed by atoms with Crippen LogP contribution in [0, 0.1) is 0 Å². The van der Waals surface area contributed by atoms with Crippen LogP contribution < -0.4 is 11.2 Å². The molecule has 2 heterocycles. The first-order chi connectivity index (χ1) is 8.18. The molecule has 5 heteroatoms. The summed E-state index contributed by atoms with van der Waals surface area (Å²) in [5, 5.41) is 0.457. The summed E-state index contributed by atoms with van der Waals surface area (Å²) in [6.07, 6.45) is 8.10. The highest BCUT2D eigenvalue weighted by atomic mass is 16.3. The van der Waals surface area contributed by atoms with Gasteiger partial charge in [-0.1, -0.05) is 18.2 Å². The molecule has 1 N–H and O–H groups in total. The minimum Gasteiger partial charge on any atom is -0.440 e. The van der Waals surface area contributed by atoms with Gasteiger partial charge in [-0.15, -0.1) is 0 Å². The van der Waals surface area contributed by atoms with Crippen LogP contribution in [0.3, 0.4) is 0 Å². The Hall–Kier alpha value is -2.30. The van der Waals surface area contributed by atoms with Gasteiger partial charge in [0.1, 0.15) is 11.1 Å². The van der Waals surface area contributed by atoms with Crippen molar-refractivity contribution in [3.63, 3.8) is 0 Å². The fourth-order valence-corrected chi connectivity index (χ4v) is 1.98. The van der Waals surface area contributed by atoms with Gasteiger partial charge in [0.15, 0.2) is 0 Å². The molecule has 0 radical (unpaired) electrons. The molecule has 1 aliphatic rings. The smallest absolute Gasteiger partial charge is 0.330 e. The minimum atomic E-state index is -0.467. The summed E-state index contributed by atoms with van der Waals surface area (Å²) in [6.45, 7) is 0. The van der Waals surface area contributed by atoms with Crippen molar-refractivity contribution in [3.05, 3.63) is 50.4 Å². The maximum absolute atomic E-state index is 12.0. The minimum absolute atomic E-state index is 0.253. The molecule has 0 atom stereocenters. The number of fused-ring (bicyclic) bond motifs is 3. The summed E-state index contributed by atoms with van der Waals surface area (Å²) in [5.41, 5.74) is 0.285. The molecule has 2 aromatic heterocycles. The van der Waals surface area contributed by atoms with Gasteiger partial charge in [0.05, 0.1) is 0 Å². The van der Waals surface area contributed by atoms with E-state index in [9.17, 15) is 9.59 Å². The molecule has 17 heavy (non-hydrogen) atoms. The lowest BCUT2D eigenvalue weighted by Crippen LogP contribution is -2.32. The zero-order valence-electron chi connectivity index (χ0n) is 9.19. The molecule has 86 valence electrons. The Balaban J connectivity index is 2.51. The predicted octanol–water partition coefficient (Wildman–Crippen LogP) is 0.945. The highest BCUT2D eigenvalue weighted by molar-refractivity contribution is 5.81. The van der Waals surface area contributed by atoms with E-state index in [1.807, 2.05) is 18.2 Å². The summed E-state index contributed by atoms with van der Waals surface area (Å²) >= 11 is 0. The van der Waals surface area contributed by atoms with Gasteiger partial charge in [0.2, 0.25) is 5.71 Å². The molecule has 5 nitrogen and oxygen atoms in total. The average molecular weight is 230 g/mol. The first-order valence-corrected chi connectivity index (χ1v) is 5.26. The van der Waals surface area contributed by atoms with Gasteiger partial charge in [-0.2, -0.15) is 0 Å². The van der Waals surface area contributed by atoms with E-state index in [-0.39, 0.29) is 11.3 Å². The lowest BCUT2D eigenvalue weighted by atomic mass is 10.1. The third kappa shape index (κ3) is 1.32. The monoisotopic (exact) mass is 230 g/mol. The molecule has 0 fully saturated rings. The number of H-pyrrole nitrogens is 1. The van der Waals surface area contributed by atoms with Crippen LogP contribution in [0.2, 0.25) is 0 Å². The van der Waals surface area contributed by atoms with Crippen LogP contribution in [0.5, 0.6) is 0 Å². The van der Waals surface area contributed by atoms with Gasteiger partial charge in [0, 0.05) is 12.6 Å². The number of nitrogens with one attached hydrogen (secondary N) is 1. The van der Waals surface area contributed by atoms with Crippen LogP contribution in [0.4, 0.5) is 0 Å². The van der Waals surface area contributed by atoms with Gasteiger partial charge >= 0.3 is 5.69 Å². The van der Waals surface area contributed by atoms with E-state index in [1.165, 1.54) is 7.05 Å². The van der Waals surface area contributed by atoms with Gasteiger partial charge in [-0.3, -0.25) is 14.3 Å². The van der Waals surface area contributed by atoms with Crippen molar-refractivity contribution in [2.24, 2.45) is 7.05 Å². The van der Waals surface area contributed by atoms with Crippen molar-refractivity contribution >= 4 is 17.2 Å². The first kappa shape index (κ1) is 9.89. The molecule has 2 aromatic rings. The number of aromatic amines is 1. The van der Waals surface area contributed by atoms with Crippen molar-refractivity contribution in [1.29, 1.82) is 0 Å². The molecule has 0 aromatic carbocycles. The van der Waals surface area contributed by atoms with E-state index in [2.05, 4.69) is 4.98 Å². The zero-order valence-corrected chi connectivity index (χ0v) is 9.19. The summed E-state index contributed by atoms with van der Waals surface area (Å²) in [6, 6.07) is 0. The van der Waals surface area contributed by atoms with Gasteiger partial charge in [0.25, 0.3) is 5.56 Å². The van der Waals surface area contributed by atoms with Crippen molar-refractivity contribution in [1.82, 2.24) is 9.55 Å². The Bertz CT molecular complexity index is 771. The van der Waals surface area contributed by atoms with Crippen LogP contribution in [-0.2, 0) is 13.5 Å². The number of nitrogens with zero attached hydrogens (tertiary/aromatic N) is 1. The van der Waals surface area contributed by atoms with Gasteiger partial charge in [-0.25, -0.2) is 4.79 Å². The first-order valence-electron chi connectivity index (χ1n) is 5.26. The van der Waals surface area contributed by atoms with E-state index in [0.717, 1.165) is 10.1 Å². The predicted molar refractivity (Wildman–Crippen MR) is 64.0 cm³/mol. The van der Waals surface area contributed by atoms with Crippen molar-refractivity contribution < 1.29 is 4.42 Å². The zero-order chi connectivity index (χ0) is 12.0. The Morgan fingerprint density at radius 3 is 3.00 bits per heavy atom. The topological polar surface area (TPSA) is 68.0 Å². The fraction of sp³-hybridized carbons (Fsp3) is 0.167. The number of furan rings is 1. The molecule has 3 rings (SSSR count). The number of rotatable bonds is 0. The second kappa shape index (κ2) is 3.35. The number of hydrogen-bond acceptors (Lipinski definition) is 3. The van der Waals surface area contributed by atoms with E-state index >= 15 is 0 Å². The molecule has 1 aliphatic carbocycles. The number of allylic oxidation sites excluding steroid dienone is 3. The van der Waals surface area contributed by atoms with Gasteiger partial charge in [-0.05, 0) is 12.5 Å². The average Bonchev–Trinajstić information content (AvgIpc) is 2.49.